The molecule has 0 spiro atoms. The lowest BCUT2D eigenvalue weighted by Crippen LogP contribution is -2.54. The van der Waals surface area contributed by atoms with Crippen LogP contribution in [0.4, 0.5) is 8.78 Å². The molecule has 7 heteroatoms. The highest BCUT2D eigenvalue weighted by Crippen LogP contribution is 2.54. The highest BCUT2D eigenvalue weighted by Gasteiger charge is 2.60. The summed E-state index contributed by atoms with van der Waals surface area (Å²) in [5.41, 5.74) is -0.399. The SMILES string of the molecule is CC(C)CC[C@]1(C(=O)N2CCC(F)(F)CC2)C[C@H]2CC[C@@H]1N2CCn1cccn1. The van der Waals surface area contributed by atoms with E-state index < -0.39 is 11.3 Å². The minimum Gasteiger partial charge on any atom is -0.342 e. The molecule has 0 aliphatic carbocycles. The van der Waals surface area contributed by atoms with Gasteiger partial charge in [0.1, 0.15) is 0 Å². The van der Waals surface area contributed by atoms with Crippen molar-refractivity contribution >= 4 is 5.91 Å². The van der Waals surface area contributed by atoms with Gasteiger partial charge in [-0.05, 0) is 44.1 Å². The second-order valence-corrected chi connectivity index (χ2v) is 9.69. The maximum Gasteiger partial charge on any atom is 0.251 e. The van der Waals surface area contributed by atoms with E-state index in [4.69, 9.17) is 0 Å². The lowest BCUT2D eigenvalue weighted by Gasteiger charge is -2.43. The lowest BCUT2D eigenvalue weighted by atomic mass is 9.68. The summed E-state index contributed by atoms with van der Waals surface area (Å²) in [6.07, 6.45) is 8.31. The van der Waals surface area contributed by atoms with E-state index in [-0.39, 0.29) is 37.9 Å². The van der Waals surface area contributed by atoms with E-state index in [0.717, 1.165) is 45.2 Å². The van der Waals surface area contributed by atoms with Gasteiger partial charge in [-0.25, -0.2) is 8.78 Å². The number of rotatable bonds is 7. The van der Waals surface area contributed by atoms with Crippen LogP contribution in [0.3, 0.4) is 0 Å². The fourth-order valence-electron chi connectivity index (χ4n) is 5.80. The van der Waals surface area contributed by atoms with E-state index in [1.54, 1.807) is 11.1 Å². The van der Waals surface area contributed by atoms with Crippen LogP contribution in [0, 0.1) is 11.3 Å². The van der Waals surface area contributed by atoms with Crippen LogP contribution in [0.25, 0.3) is 0 Å². The highest BCUT2D eigenvalue weighted by atomic mass is 19.3. The topological polar surface area (TPSA) is 41.4 Å². The molecular formula is C22H34F2N4O. The van der Waals surface area contributed by atoms with E-state index >= 15 is 0 Å². The Morgan fingerprint density at radius 2 is 1.97 bits per heavy atom. The summed E-state index contributed by atoms with van der Waals surface area (Å²) in [7, 11) is 0. The molecule has 3 aliphatic heterocycles. The summed E-state index contributed by atoms with van der Waals surface area (Å²) >= 11 is 0. The van der Waals surface area contributed by atoms with Crippen LogP contribution in [0.5, 0.6) is 0 Å². The normalized spacial score (nSPS) is 31.7. The predicted octanol–water partition coefficient (Wildman–Crippen LogP) is 3.80. The fourth-order valence-corrected chi connectivity index (χ4v) is 5.80. The molecule has 3 atom stereocenters. The number of carbonyl (C=O) groups excluding carboxylic acids is 1. The smallest absolute Gasteiger partial charge is 0.251 e. The summed E-state index contributed by atoms with van der Waals surface area (Å²) in [4.78, 5) is 18.0. The van der Waals surface area contributed by atoms with Crippen molar-refractivity contribution in [3.05, 3.63) is 18.5 Å². The zero-order valence-corrected chi connectivity index (χ0v) is 17.7. The molecule has 3 fully saturated rings. The largest absolute Gasteiger partial charge is 0.342 e. The van der Waals surface area contributed by atoms with E-state index in [0.29, 0.717) is 12.0 Å². The Morgan fingerprint density at radius 1 is 1.21 bits per heavy atom. The molecule has 5 nitrogen and oxygen atoms in total. The molecule has 3 saturated heterocycles. The van der Waals surface area contributed by atoms with Gasteiger partial charge in [-0.2, -0.15) is 5.10 Å². The quantitative estimate of drug-likeness (QED) is 0.689. The summed E-state index contributed by atoms with van der Waals surface area (Å²) in [6, 6.07) is 2.59. The number of alkyl halides is 2. The van der Waals surface area contributed by atoms with Gasteiger partial charge in [0.05, 0.1) is 12.0 Å². The number of amides is 1. The van der Waals surface area contributed by atoms with Crippen LogP contribution in [-0.2, 0) is 11.3 Å². The van der Waals surface area contributed by atoms with Crippen LogP contribution < -0.4 is 0 Å². The lowest BCUT2D eigenvalue weighted by molar-refractivity contribution is -0.150. The standard InChI is InChI=1S/C22H34F2N4O/c1-17(2)6-7-21(20(29)26-12-8-22(23,24)9-13-26)16-18-4-5-19(21)28(18)15-14-27-11-3-10-25-27/h3,10-11,17-19H,4-9,12-16H2,1-2H3/t18-,19+,21+/m1/s1. The molecule has 4 rings (SSSR count). The van der Waals surface area contributed by atoms with Crippen molar-refractivity contribution in [3.63, 3.8) is 0 Å². The van der Waals surface area contributed by atoms with Gasteiger partial charge in [0.2, 0.25) is 5.91 Å². The number of carbonyl (C=O) groups is 1. The number of halogens is 2. The first-order valence-corrected chi connectivity index (χ1v) is 11.2. The molecule has 29 heavy (non-hydrogen) atoms. The van der Waals surface area contributed by atoms with Gasteiger partial charge < -0.3 is 4.90 Å². The van der Waals surface area contributed by atoms with Crippen LogP contribution in [-0.4, -0.2) is 63.1 Å². The van der Waals surface area contributed by atoms with Crippen molar-refractivity contribution < 1.29 is 13.6 Å². The third-order valence-corrected chi connectivity index (χ3v) is 7.40. The third-order valence-electron chi connectivity index (χ3n) is 7.40. The first-order valence-electron chi connectivity index (χ1n) is 11.2. The number of fused-ring (bicyclic) bond motifs is 2. The Labute approximate surface area is 172 Å². The molecule has 0 saturated carbocycles. The number of likely N-dealkylation sites (tertiary alicyclic amines) is 1. The summed E-state index contributed by atoms with van der Waals surface area (Å²) in [5.74, 6) is -1.95. The van der Waals surface area contributed by atoms with Gasteiger partial charge in [0.15, 0.2) is 0 Å². The van der Waals surface area contributed by atoms with Crippen molar-refractivity contribution in [2.75, 3.05) is 19.6 Å². The Kier molecular flexibility index (Phi) is 5.70. The maximum absolute atomic E-state index is 13.8. The molecule has 0 unspecified atom stereocenters. The molecule has 162 valence electrons. The van der Waals surface area contributed by atoms with Gasteiger partial charge in [-0.15, -0.1) is 0 Å². The maximum atomic E-state index is 13.8. The van der Waals surface area contributed by atoms with Gasteiger partial charge in [0, 0.05) is 57.0 Å². The molecule has 1 aromatic heterocycles. The molecular weight excluding hydrogens is 374 g/mol. The van der Waals surface area contributed by atoms with E-state index in [1.165, 1.54) is 0 Å². The van der Waals surface area contributed by atoms with Crippen LogP contribution in [0.15, 0.2) is 18.5 Å². The van der Waals surface area contributed by atoms with E-state index in [2.05, 4.69) is 23.8 Å². The molecule has 0 radical (unpaired) electrons. The average Bonchev–Trinajstić information content (AvgIpc) is 3.39. The molecule has 4 heterocycles. The minimum absolute atomic E-state index is 0.143. The molecule has 1 amide bonds. The van der Waals surface area contributed by atoms with Crippen LogP contribution in [0.1, 0.15) is 58.8 Å². The summed E-state index contributed by atoms with van der Waals surface area (Å²) in [5, 5.41) is 4.31. The molecule has 1 aromatic rings. The fraction of sp³-hybridized carbons (Fsp3) is 0.818. The van der Waals surface area contributed by atoms with Crippen molar-refractivity contribution in [2.45, 2.75) is 83.3 Å². The van der Waals surface area contributed by atoms with Crippen molar-refractivity contribution in [1.82, 2.24) is 19.6 Å². The van der Waals surface area contributed by atoms with Gasteiger partial charge >= 0.3 is 0 Å². The van der Waals surface area contributed by atoms with Crippen molar-refractivity contribution in [1.29, 1.82) is 0 Å². The molecule has 3 aliphatic rings. The zero-order valence-electron chi connectivity index (χ0n) is 17.7. The predicted molar refractivity (Wildman–Crippen MR) is 108 cm³/mol. The number of aromatic nitrogens is 2. The second-order valence-electron chi connectivity index (χ2n) is 9.69. The first-order chi connectivity index (χ1) is 13.8. The Balaban J connectivity index is 1.51. The number of hydrogen-bond acceptors (Lipinski definition) is 3. The van der Waals surface area contributed by atoms with Gasteiger partial charge in [-0.1, -0.05) is 13.8 Å². The Bertz CT molecular complexity index is 698. The average molecular weight is 409 g/mol. The molecule has 0 N–H and O–H groups in total. The van der Waals surface area contributed by atoms with Gasteiger partial charge in [0.25, 0.3) is 5.92 Å². The molecule has 2 bridgehead atoms. The van der Waals surface area contributed by atoms with Crippen molar-refractivity contribution in [2.24, 2.45) is 11.3 Å². The van der Waals surface area contributed by atoms with Gasteiger partial charge in [-0.3, -0.25) is 14.4 Å². The summed E-state index contributed by atoms with van der Waals surface area (Å²) in [6.45, 7) is 6.50. The third kappa shape index (κ3) is 4.07. The highest BCUT2D eigenvalue weighted by molar-refractivity contribution is 5.84. The number of piperidine rings is 1. The monoisotopic (exact) mass is 408 g/mol. The minimum atomic E-state index is -2.62. The molecule has 0 aromatic carbocycles. The second kappa shape index (κ2) is 7.97. The Hall–Kier alpha value is -1.50. The first kappa shape index (κ1) is 20.8. The van der Waals surface area contributed by atoms with E-state index in [9.17, 15) is 13.6 Å². The number of hydrogen-bond donors (Lipinski definition) is 0. The zero-order chi connectivity index (χ0) is 20.6. The van der Waals surface area contributed by atoms with Crippen LogP contribution >= 0.6 is 0 Å². The van der Waals surface area contributed by atoms with E-state index in [1.807, 2.05) is 16.9 Å². The van der Waals surface area contributed by atoms with Crippen molar-refractivity contribution in [3.8, 4) is 0 Å². The summed E-state index contributed by atoms with van der Waals surface area (Å²) < 4.78 is 29.3. The number of nitrogens with zero attached hydrogens (tertiary/aromatic N) is 4. The van der Waals surface area contributed by atoms with Crippen LogP contribution in [0.2, 0.25) is 0 Å². The Morgan fingerprint density at radius 3 is 2.62 bits per heavy atom.